The van der Waals surface area contributed by atoms with E-state index in [-0.39, 0.29) is 25.7 Å². The van der Waals surface area contributed by atoms with Gasteiger partial charge in [0.2, 0.25) is 0 Å². The number of benzene rings is 5. The summed E-state index contributed by atoms with van der Waals surface area (Å²) in [6.45, 7) is 17.0. The number of nitrogens with zero attached hydrogens (tertiary/aromatic N) is 4. The van der Waals surface area contributed by atoms with Crippen LogP contribution in [0.1, 0.15) is 45.9 Å². The fourth-order valence-corrected chi connectivity index (χ4v) is 9.44. The smallest absolute Gasteiger partial charge is 0.133 e. The lowest BCUT2D eigenvalue weighted by atomic mass is 9.68. The highest BCUT2D eigenvalue weighted by molar-refractivity contribution is 5.66. The van der Waals surface area contributed by atoms with Gasteiger partial charge in [-0.1, -0.05) is 91.9 Å². The fourth-order valence-electron chi connectivity index (χ4n) is 9.44. The molecule has 0 aliphatic rings. The van der Waals surface area contributed by atoms with Gasteiger partial charge in [0, 0.05) is 57.3 Å². The van der Waals surface area contributed by atoms with Gasteiger partial charge < -0.3 is 77.4 Å². The Balaban J connectivity index is 1.27. The first-order chi connectivity index (χ1) is 40.1. The highest BCUT2D eigenvalue weighted by Crippen LogP contribution is 2.44. The van der Waals surface area contributed by atoms with Crippen LogP contribution in [0.4, 0.5) is 17.1 Å². The van der Waals surface area contributed by atoms with Crippen molar-refractivity contribution in [1.82, 2.24) is 0 Å². The molecule has 0 aliphatic heterocycles. The maximum Gasteiger partial charge on any atom is 0.133 e. The van der Waals surface area contributed by atoms with Gasteiger partial charge in [0.25, 0.3) is 0 Å². The number of anilines is 3. The van der Waals surface area contributed by atoms with Crippen LogP contribution in [0.5, 0.6) is 0 Å². The third-order valence-corrected chi connectivity index (χ3v) is 13.5. The van der Waals surface area contributed by atoms with E-state index in [0.717, 1.165) is 57.0 Å². The lowest BCUT2D eigenvalue weighted by Crippen LogP contribution is -2.35. The quantitative estimate of drug-likeness (QED) is 0.0259. The minimum atomic E-state index is -1.18. The van der Waals surface area contributed by atoms with Crippen LogP contribution in [0.15, 0.2) is 121 Å². The Labute approximate surface area is 488 Å². The predicted octanol–water partition coefficient (Wildman–Crippen LogP) is 7.39. The predicted molar refractivity (Wildman–Crippen MR) is 321 cm³/mol. The molecule has 17 heteroatoms. The number of nitriles is 1. The number of rotatable bonds is 46. The Bertz CT molecular complexity index is 2350. The average Bonchev–Trinajstić information content (AvgIpc) is 3.58. The van der Waals surface area contributed by atoms with Crippen LogP contribution in [0, 0.1) is 31.1 Å². The van der Waals surface area contributed by atoms with E-state index < -0.39 is 11.5 Å². The molecule has 0 fully saturated rings. The number of hydrogen-bond acceptors (Lipinski definition) is 17. The molecular weight excluding hydrogens is 1040 g/mol. The van der Waals surface area contributed by atoms with Gasteiger partial charge >= 0.3 is 0 Å². The highest BCUT2D eigenvalue weighted by Gasteiger charge is 2.40. The van der Waals surface area contributed by atoms with Crippen LogP contribution in [-0.4, -0.2) is 194 Å². The second-order valence-corrected chi connectivity index (χ2v) is 20.3. The molecule has 3 N–H and O–H groups in total. The SMILES string of the molecule is Cc1cc(N(Cc2ccccc2)CC(C)COCCOCCOCCOCCOCCO)ccc1C(C#N)(c1ccc(N(C)C)cc1)c1ccc(N(Cc2ccccc2)CC(O)COCCOCCOCCOCCOCCO)cc1C. The van der Waals surface area contributed by atoms with E-state index in [9.17, 15) is 10.4 Å². The van der Waals surface area contributed by atoms with E-state index in [1.807, 2.05) is 38.4 Å². The largest absolute Gasteiger partial charge is 0.394 e. The van der Waals surface area contributed by atoms with Crippen LogP contribution in [0.2, 0.25) is 0 Å². The first kappa shape index (κ1) is 67.3. The van der Waals surface area contributed by atoms with Gasteiger partial charge in [0.05, 0.1) is 158 Å². The zero-order chi connectivity index (χ0) is 58.5. The molecule has 0 radical (unpaired) electrons. The van der Waals surface area contributed by atoms with Crippen molar-refractivity contribution >= 4 is 17.1 Å². The fraction of sp³-hybridized carbons (Fsp3) is 0.523. The summed E-state index contributed by atoms with van der Waals surface area (Å²) >= 11 is 0. The molecule has 82 heavy (non-hydrogen) atoms. The molecule has 5 rings (SSSR count). The summed E-state index contributed by atoms with van der Waals surface area (Å²) in [4.78, 5) is 6.62. The molecule has 0 saturated carbocycles. The number of hydrogen-bond donors (Lipinski definition) is 3. The lowest BCUT2D eigenvalue weighted by molar-refractivity contribution is -0.0212. The third-order valence-electron chi connectivity index (χ3n) is 13.5. The molecule has 0 aliphatic carbocycles. The Morgan fingerprint density at radius 2 is 0.805 bits per heavy atom. The monoisotopic (exact) mass is 1140 g/mol. The summed E-state index contributed by atoms with van der Waals surface area (Å²) in [5.41, 5.74) is 8.68. The molecule has 5 aromatic rings. The Hall–Kier alpha value is -5.53. The molecular formula is C65H92N4O13. The maximum atomic E-state index is 11.8. The van der Waals surface area contributed by atoms with Crippen molar-refractivity contribution in [3.63, 3.8) is 0 Å². The van der Waals surface area contributed by atoms with Gasteiger partial charge in [-0.2, -0.15) is 5.26 Å². The summed E-state index contributed by atoms with van der Waals surface area (Å²) < 4.78 is 55.9. The minimum Gasteiger partial charge on any atom is -0.394 e. The van der Waals surface area contributed by atoms with Crippen LogP contribution < -0.4 is 14.7 Å². The van der Waals surface area contributed by atoms with Crippen molar-refractivity contribution in [2.45, 2.75) is 45.4 Å². The molecule has 0 aromatic heterocycles. The first-order valence-corrected chi connectivity index (χ1v) is 28.8. The average molecular weight is 1140 g/mol. The highest BCUT2D eigenvalue weighted by atomic mass is 16.6. The molecule has 3 unspecified atom stereocenters. The van der Waals surface area contributed by atoms with E-state index >= 15 is 0 Å². The summed E-state index contributed by atoms with van der Waals surface area (Å²) in [5.74, 6) is 0.190. The molecule has 450 valence electrons. The topological polar surface area (TPSA) is 186 Å². The van der Waals surface area contributed by atoms with E-state index in [2.05, 4.69) is 139 Å². The molecule has 3 atom stereocenters. The Kier molecular flexibility index (Phi) is 32.7. The van der Waals surface area contributed by atoms with Gasteiger partial charge in [0.15, 0.2) is 0 Å². The number of aliphatic hydroxyl groups is 3. The minimum absolute atomic E-state index is 0.00403. The third kappa shape index (κ3) is 24.0. The van der Waals surface area contributed by atoms with Crippen molar-refractivity contribution in [3.05, 3.63) is 160 Å². The molecule has 0 spiro atoms. The van der Waals surface area contributed by atoms with E-state index in [1.165, 1.54) is 5.56 Å². The number of aliphatic hydroxyl groups excluding tert-OH is 3. The van der Waals surface area contributed by atoms with Crippen LogP contribution >= 0.6 is 0 Å². The Morgan fingerprint density at radius 3 is 1.17 bits per heavy atom. The van der Waals surface area contributed by atoms with Gasteiger partial charge in [-0.25, -0.2) is 0 Å². The van der Waals surface area contributed by atoms with Crippen molar-refractivity contribution in [2.75, 3.05) is 187 Å². The molecule has 0 saturated heterocycles. The van der Waals surface area contributed by atoms with Crippen LogP contribution in [0.25, 0.3) is 0 Å². The standard InChI is InChI=1S/C65H92N4O13/c1-53(50-81-42-40-79-38-36-77-34-32-75-30-28-73-26-24-70)46-68(47-56-12-8-6-9-13-56)60-20-22-63(54(2)44-60)65(52-66,58-16-18-59(19-17-58)67(4)5)64-23-21-61(45-55(64)3)69(48-57-14-10-7-11-15-57)49-62(72)51-82-43-41-80-39-37-78-35-33-76-31-29-74-27-25-71/h6-23,44-45,53,62,70-72H,24-43,46-51H2,1-5H3. The summed E-state index contributed by atoms with van der Waals surface area (Å²) in [6, 6.07) is 44.7. The first-order valence-electron chi connectivity index (χ1n) is 28.8. The van der Waals surface area contributed by atoms with Gasteiger partial charge in [0.1, 0.15) is 5.41 Å². The van der Waals surface area contributed by atoms with Crippen molar-refractivity contribution in [1.29, 1.82) is 5.26 Å². The van der Waals surface area contributed by atoms with Crippen molar-refractivity contribution in [2.24, 2.45) is 5.92 Å². The zero-order valence-corrected chi connectivity index (χ0v) is 49.3. The van der Waals surface area contributed by atoms with Crippen LogP contribution in [-0.2, 0) is 65.9 Å². The van der Waals surface area contributed by atoms with E-state index in [4.69, 9.17) is 57.6 Å². The second kappa shape index (κ2) is 39.9. The van der Waals surface area contributed by atoms with Gasteiger partial charge in [-0.05, 0) is 95.1 Å². The lowest BCUT2D eigenvalue weighted by Gasteiger charge is -2.34. The van der Waals surface area contributed by atoms with Crippen molar-refractivity contribution < 1.29 is 62.7 Å². The van der Waals surface area contributed by atoms with Crippen LogP contribution in [0.3, 0.4) is 0 Å². The van der Waals surface area contributed by atoms with Gasteiger partial charge in [-0.3, -0.25) is 0 Å². The maximum absolute atomic E-state index is 11.8. The molecule has 0 bridgehead atoms. The molecule has 17 nitrogen and oxygen atoms in total. The molecule has 0 heterocycles. The molecule has 0 amide bonds. The summed E-state index contributed by atoms with van der Waals surface area (Å²) in [5, 5.41) is 40.8. The van der Waals surface area contributed by atoms with Gasteiger partial charge in [-0.15, -0.1) is 0 Å². The summed E-state index contributed by atoms with van der Waals surface area (Å²) in [6.07, 6.45) is -0.794. The Morgan fingerprint density at radius 1 is 0.451 bits per heavy atom. The molecule has 5 aromatic carbocycles. The van der Waals surface area contributed by atoms with Crippen molar-refractivity contribution in [3.8, 4) is 6.07 Å². The zero-order valence-electron chi connectivity index (χ0n) is 49.3. The second-order valence-electron chi connectivity index (χ2n) is 20.3. The van der Waals surface area contributed by atoms with E-state index in [1.54, 1.807) is 0 Å². The number of aryl methyl sites for hydroxylation is 2. The van der Waals surface area contributed by atoms with E-state index in [0.29, 0.717) is 145 Å². The number of ether oxygens (including phenoxy) is 10. The summed E-state index contributed by atoms with van der Waals surface area (Å²) in [7, 11) is 4.03. The normalized spacial score (nSPS) is 12.9.